The highest BCUT2D eigenvalue weighted by atomic mass is 79.9. The average molecular weight is 510 g/mol. The van der Waals surface area contributed by atoms with E-state index in [0.29, 0.717) is 51.2 Å². The average Bonchev–Trinajstić information content (AvgIpc) is 3.16. The number of hydrogen-bond acceptors (Lipinski definition) is 6. The SMILES string of the molecule is N#Cc1cc(-c2cn(S(=O)(=O)c3ccccc3)c3ncc(Br)cc23)ccc1OC1COC1. The molecule has 1 aliphatic rings. The smallest absolute Gasteiger partial charge is 0.269 e. The molecule has 0 atom stereocenters. The van der Waals surface area contributed by atoms with Gasteiger partial charge in [-0.25, -0.2) is 17.4 Å². The Labute approximate surface area is 193 Å². The summed E-state index contributed by atoms with van der Waals surface area (Å²) in [7, 11) is -3.87. The highest BCUT2D eigenvalue weighted by Crippen LogP contribution is 2.35. The lowest BCUT2D eigenvalue weighted by molar-refractivity contribution is -0.0797. The van der Waals surface area contributed by atoms with Gasteiger partial charge >= 0.3 is 0 Å². The summed E-state index contributed by atoms with van der Waals surface area (Å²) in [6.07, 6.45) is 3.04. The van der Waals surface area contributed by atoms with Gasteiger partial charge in [-0.2, -0.15) is 5.26 Å². The van der Waals surface area contributed by atoms with Crippen molar-refractivity contribution >= 4 is 37.0 Å². The van der Waals surface area contributed by atoms with Gasteiger partial charge < -0.3 is 9.47 Å². The number of rotatable bonds is 5. The van der Waals surface area contributed by atoms with E-state index in [2.05, 4.69) is 27.0 Å². The third-order valence-electron chi connectivity index (χ3n) is 5.19. The van der Waals surface area contributed by atoms with Crippen LogP contribution < -0.4 is 4.74 Å². The third-order valence-corrected chi connectivity index (χ3v) is 7.29. The molecular weight excluding hydrogens is 494 g/mol. The molecule has 0 amide bonds. The van der Waals surface area contributed by atoms with Crippen molar-refractivity contribution in [1.29, 1.82) is 5.26 Å². The van der Waals surface area contributed by atoms with E-state index in [1.807, 2.05) is 12.1 Å². The number of nitriles is 1. The zero-order valence-corrected chi connectivity index (χ0v) is 19.0. The quantitative estimate of drug-likeness (QED) is 0.396. The molecule has 1 aliphatic heterocycles. The Morgan fingerprint density at radius 3 is 2.62 bits per heavy atom. The van der Waals surface area contributed by atoms with Gasteiger partial charge in [0.2, 0.25) is 0 Å². The minimum Gasteiger partial charge on any atom is -0.484 e. The molecule has 0 aliphatic carbocycles. The van der Waals surface area contributed by atoms with Crippen molar-refractivity contribution in [2.24, 2.45) is 0 Å². The Kier molecular flexibility index (Phi) is 5.21. The van der Waals surface area contributed by atoms with Crippen LogP contribution in [0.4, 0.5) is 0 Å². The number of hydrogen-bond donors (Lipinski definition) is 0. The van der Waals surface area contributed by atoms with Crippen LogP contribution in [0.5, 0.6) is 5.75 Å². The van der Waals surface area contributed by atoms with Crippen LogP contribution in [0.15, 0.2) is 76.4 Å². The van der Waals surface area contributed by atoms with Crippen molar-refractivity contribution in [1.82, 2.24) is 8.96 Å². The van der Waals surface area contributed by atoms with Gasteiger partial charge in [-0.05, 0) is 51.8 Å². The largest absolute Gasteiger partial charge is 0.484 e. The van der Waals surface area contributed by atoms with Crippen LogP contribution in [-0.2, 0) is 14.8 Å². The maximum absolute atomic E-state index is 13.3. The van der Waals surface area contributed by atoms with Crippen molar-refractivity contribution in [2.75, 3.05) is 13.2 Å². The van der Waals surface area contributed by atoms with Gasteiger partial charge in [0, 0.05) is 27.8 Å². The maximum Gasteiger partial charge on any atom is 0.269 e. The first-order valence-corrected chi connectivity index (χ1v) is 12.0. The molecular formula is C23H16BrN3O4S. The van der Waals surface area contributed by atoms with E-state index in [4.69, 9.17) is 9.47 Å². The summed E-state index contributed by atoms with van der Waals surface area (Å²) >= 11 is 3.42. The molecule has 160 valence electrons. The highest BCUT2D eigenvalue weighted by Gasteiger charge is 2.24. The zero-order valence-electron chi connectivity index (χ0n) is 16.6. The number of halogens is 1. The minimum absolute atomic E-state index is 0.0639. The van der Waals surface area contributed by atoms with E-state index in [-0.39, 0.29) is 11.0 Å². The molecule has 4 aromatic rings. The second-order valence-electron chi connectivity index (χ2n) is 7.28. The molecule has 2 aromatic heterocycles. The van der Waals surface area contributed by atoms with Crippen molar-refractivity contribution in [3.8, 4) is 22.9 Å². The molecule has 1 fully saturated rings. The van der Waals surface area contributed by atoms with Crippen LogP contribution in [0.3, 0.4) is 0 Å². The minimum atomic E-state index is -3.87. The highest BCUT2D eigenvalue weighted by molar-refractivity contribution is 9.10. The fourth-order valence-electron chi connectivity index (χ4n) is 3.52. The summed E-state index contributed by atoms with van der Waals surface area (Å²) in [5.74, 6) is 0.476. The lowest BCUT2D eigenvalue weighted by Crippen LogP contribution is -2.38. The summed E-state index contributed by atoms with van der Waals surface area (Å²) in [5, 5.41) is 10.3. The Balaban J connectivity index is 1.67. The standard InChI is InChI=1S/C23H16BrN3O4S/c24-17-9-20-21(15-6-7-22(16(8-15)10-25)31-18-13-30-14-18)12-27(23(20)26-11-17)32(28,29)19-4-2-1-3-5-19/h1-9,11-12,18H,13-14H2. The number of pyridine rings is 1. The molecule has 1 saturated heterocycles. The topological polar surface area (TPSA) is 94.2 Å². The predicted molar refractivity (Wildman–Crippen MR) is 122 cm³/mol. The third kappa shape index (κ3) is 3.56. The molecule has 0 bridgehead atoms. The van der Waals surface area contributed by atoms with Crippen LogP contribution in [0.2, 0.25) is 0 Å². The normalized spacial score (nSPS) is 14.1. The van der Waals surface area contributed by atoms with Crippen molar-refractivity contribution in [2.45, 2.75) is 11.0 Å². The molecule has 7 nitrogen and oxygen atoms in total. The molecule has 32 heavy (non-hydrogen) atoms. The first-order valence-electron chi connectivity index (χ1n) is 9.73. The summed E-state index contributed by atoms with van der Waals surface area (Å²) in [5.41, 5.74) is 2.00. The van der Waals surface area contributed by atoms with Crippen LogP contribution >= 0.6 is 15.9 Å². The number of aromatic nitrogens is 2. The summed E-state index contributed by atoms with van der Waals surface area (Å²) < 4.78 is 39.5. The summed E-state index contributed by atoms with van der Waals surface area (Å²) in [4.78, 5) is 4.53. The van der Waals surface area contributed by atoms with Gasteiger partial charge in [-0.3, -0.25) is 0 Å². The first kappa shape index (κ1) is 20.7. The number of benzene rings is 2. The van der Waals surface area contributed by atoms with E-state index < -0.39 is 10.0 Å². The van der Waals surface area contributed by atoms with Gasteiger partial charge in [-0.15, -0.1) is 0 Å². The van der Waals surface area contributed by atoms with E-state index in [1.54, 1.807) is 54.9 Å². The molecule has 0 saturated carbocycles. The Morgan fingerprint density at radius 1 is 1.16 bits per heavy atom. The molecule has 0 radical (unpaired) electrons. The molecule has 5 rings (SSSR count). The van der Waals surface area contributed by atoms with E-state index in [1.165, 1.54) is 3.97 Å². The Bertz CT molecular complexity index is 1470. The van der Waals surface area contributed by atoms with Crippen molar-refractivity contribution in [3.05, 3.63) is 77.0 Å². The van der Waals surface area contributed by atoms with Crippen LogP contribution in [0.1, 0.15) is 5.56 Å². The second-order valence-corrected chi connectivity index (χ2v) is 10.0. The van der Waals surface area contributed by atoms with Crippen LogP contribution in [0, 0.1) is 11.3 Å². The molecule has 3 heterocycles. The van der Waals surface area contributed by atoms with Gasteiger partial charge in [0.05, 0.1) is 23.7 Å². The molecule has 0 unspecified atom stereocenters. The van der Waals surface area contributed by atoms with E-state index in [0.717, 1.165) is 0 Å². The summed E-state index contributed by atoms with van der Waals surface area (Å²) in [6, 6.07) is 17.4. The zero-order chi connectivity index (χ0) is 22.3. The number of ether oxygens (including phenoxy) is 2. The van der Waals surface area contributed by atoms with Crippen LogP contribution in [0.25, 0.3) is 22.2 Å². The maximum atomic E-state index is 13.3. The monoisotopic (exact) mass is 509 g/mol. The predicted octanol–water partition coefficient (Wildman–Crippen LogP) is 4.35. The Hall–Kier alpha value is -3.19. The van der Waals surface area contributed by atoms with Crippen molar-refractivity contribution in [3.63, 3.8) is 0 Å². The molecule has 0 N–H and O–H groups in total. The summed E-state index contributed by atoms with van der Waals surface area (Å²) in [6.45, 7) is 0.994. The van der Waals surface area contributed by atoms with E-state index in [9.17, 15) is 13.7 Å². The fourth-order valence-corrected chi connectivity index (χ4v) is 5.20. The van der Waals surface area contributed by atoms with Gasteiger partial charge in [-0.1, -0.05) is 24.3 Å². The van der Waals surface area contributed by atoms with Gasteiger partial charge in [0.25, 0.3) is 10.0 Å². The second kappa shape index (κ2) is 8.06. The van der Waals surface area contributed by atoms with Gasteiger partial charge in [0.15, 0.2) is 5.65 Å². The molecule has 9 heteroatoms. The van der Waals surface area contributed by atoms with Crippen molar-refractivity contribution < 1.29 is 17.9 Å². The molecule has 2 aromatic carbocycles. The number of nitrogens with zero attached hydrogens (tertiary/aromatic N) is 3. The van der Waals surface area contributed by atoms with E-state index >= 15 is 0 Å². The lowest BCUT2D eigenvalue weighted by atomic mass is 10.0. The van der Waals surface area contributed by atoms with Gasteiger partial charge in [0.1, 0.15) is 17.9 Å². The van der Waals surface area contributed by atoms with Crippen LogP contribution in [-0.4, -0.2) is 36.7 Å². The molecule has 0 spiro atoms. The first-order chi connectivity index (χ1) is 15.5. The fraction of sp³-hybridized carbons (Fsp3) is 0.130. The number of fused-ring (bicyclic) bond motifs is 1. The lowest BCUT2D eigenvalue weighted by Gasteiger charge is -2.27. The Morgan fingerprint density at radius 2 is 1.94 bits per heavy atom.